The Bertz CT molecular complexity index is 1500. The maximum atomic E-state index is 13.2. The van der Waals surface area contributed by atoms with Crippen molar-refractivity contribution >= 4 is 17.7 Å². The van der Waals surface area contributed by atoms with E-state index in [0.717, 1.165) is 35.1 Å². The zero-order valence-corrected chi connectivity index (χ0v) is 22.8. The van der Waals surface area contributed by atoms with Crippen LogP contribution in [0.4, 0.5) is 0 Å². The highest BCUT2D eigenvalue weighted by molar-refractivity contribution is 5.99. The number of esters is 2. The van der Waals surface area contributed by atoms with Crippen LogP contribution in [0.25, 0.3) is 11.4 Å². The van der Waals surface area contributed by atoms with Gasteiger partial charge in [0.25, 0.3) is 0 Å². The minimum Gasteiger partial charge on any atom is -0.515 e. The van der Waals surface area contributed by atoms with Crippen LogP contribution in [0, 0.1) is 11.8 Å². The van der Waals surface area contributed by atoms with Gasteiger partial charge in [-0.3, -0.25) is 4.79 Å². The molecule has 2 aromatic carbocycles. The number of ketones is 1. The second-order valence-corrected chi connectivity index (χ2v) is 10.3. The van der Waals surface area contributed by atoms with Crippen molar-refractivity contribution in [3.63, 3.8) is 0 Å². The molecule has 1 fully saturated rings. The first-order chi connectivity index (χ1) is 19.3. The van der Waals surface area contributed by atoms with Gasteiger partial charge in [0.2, 0.25) is 0 Å². The first kappa shape index (κ1) is 27.2. The number of allylic oxidation sites excluding steroid dienone is 1. The van der Waals surface area contributed by atoms with Gasteiger partial charge < -0.3 is 14.6 Å². The molecule has 8 nitrogen and oxygen atoms in total. The molecule has 1 unspecified atom stereocenters. The number of nitrogens with zero attached hydrogens (tertiary/aromatic N) is 2. The number of hydrogen-bond donors (Lipinski definition) is 1. The van der Waals surface area contributed by atoms with Crippen LogP contribution >= 0.6 is 0 Å². The number of ether oxygens (including phenoxy) is 2. The van der Waals surface area contributed by atoms with Gasteiger partial charge in [-0.2, -0.15) is 0 Å². The van der Waals surface area contributed by atoms with E-state index in [0.29, 0.717) is 35.6 Å². The van der Waals surface area contributed by atoms with Gasteiger partial charge in [-0.15, -0.1) is 0 Å². The fraction of sp³-hybridized carbons (Fsp3) is 0.344. The number of hydrogen-bond acceptors (Lipinski definition) is 8. The van der Waals surface area contributed by atoms with E-state index in [1.165, 1.54) is 0 Å². The number of aliphatic hydroxyl groups excluding tert-OH is 1. The Morgan fingerprint density at radius 1 is 1.05 bits per heavy atom. The molecule has 1 heterocycles. The fourth-order valence-corrected chi connectivity index (χ4v) is 6.27. The van der Waals surface area contributed by atoms with Crippen LogP contribution in [-0.4, -0.2) is 46.0 Å². The molecule has 3 atom stereocenters. The van der Waals surface area contributed by atoms with E-state index in [2.05, 4.69) is 4.98 Å². The van der Waals surface area contributed by atoms with E-state index in [1.807, 2.05) is 31.3 Å². The van der Waals surface area contributed by atoms with Gasteiger partial charge in [-0.05, 0) is 74.4 Å². The molecule has 0 aliphatic heterocycles. The standard InChI is InChI=1S/C32H32N2O6/c1-4-39-30(37)21-11-9-20(10-12-21)29-33-17-23-13-14-26-19(3)27(36)24(18-35)16-32(26,28(23)34-29)25-8-6-7-22(15-25)31(38)40-5-2/h6-12,15,17-19,26,35H,4-5,13-14,16H2,1-3H3/t19-,26-,32?/m0/s1. The van der Waals surface area contributed by atoms with E-state index in [4.69, 9.17) is 14.5 Å². The fourth-order valence-electron chi connectivity index (χ4n) is 6.27. The molecule has 0 bridgehead atoms. The second-order valence-electron chi connectivity index (χ2n) is 10.3. The summed E-state index contributed by atoms with van der Waals surface area (Å²) in [6.07, 6.45) is 4.43. The van der Waals surface area contributed by atoms with Crippen LogP contribution in [0.1, 0.15) is 71.1 Å². The molecular weight excluding hydrogens is 508 g/mol. The summed E-state index contributed by atoms with van der Waals surface area (Å²) in [6, 6.07) is 14.3. The molecule has 0 spiro atoms. The van der Waals surface area contributed by atoms with Crippen molar-refractivity contribution in [3.05, 3.63) is 94.5 Å². The van der Waals surface area contributed by atoms with Crippen LogP contribution in [0.3, 0.4) is 0 Å². The number of carbonyl (C=O) groups excluding carboxylic acids is 3. The minimum atomic E-state index is -0.777. The smallest absolute Gasteiger partial charge is 0.338 e. The summed E-state index contributed by atoms with van der Waals surface area (Å²) in [4.78, 5) is 47.8. The first-order valence-corrected chi connectivity index (χ1v) is 13.6. The third-order valence-corrected chi connectivity index (χ3v) is 8.15. The summed E-state index contributed by atoms with van der Waals surface area (Å²) in [5.74, 6) is -0.882. The van der Waals surface area contributed by atoms with Crippen molar-refractivity contribution in [2.24, 2.45) is 11.8 Å². The van der Waals surface area contributed by atoms with Crippen LogP contribution in [-0.2, 0) is 26.1 Å². The lowest BCUT2D eigenvalue weighted by Gasteiger charge is -2.50. The van der Waals surface area contributed by atoms with E-state index in [9.17, 15) is 19.5 Å². The molecule has 1 aromatic heterocycles. The van der Waals surface area contributed by atoms with Gasteiger partial charge in [-0.1, -0.05) is 31.2 Å². The maximum absolute atomic E-state index is 13.2. The molecular formula is C32H32N2O6. The van der Waals surface area contributed by atoms with Gasteiger partial charge in [0.05, 0.1) is 36.3 Å². The summed E-state index contributed by atoms with van der Waals surface area (Å²) in [7, 11) is 0. The predicted octanol–water partition coefficient (Wildman–Crippen LogP) is 5.40. The zero-order valence-electron chi connectivity index (χ0n) is 22.8. The molecule has 5 rings (SSSR count). The molecule has 1 N–H and O–H groups in total. The maximum Gasteiger partial charge on any atom is 0.338 e. The van der Waals surface area contributed by atoms with Crippen LogP contribution < -0.4 is 0 Å². The molecule has 2 aliphatic carbocycles. The molecule has 3 aromatic rings. The van der Waals surface area contributed by atoms with Crippen molar-refractivity contribution in [3.8, 4) is 11.4 Å². The third-order valence-electron chi connectivity index (χ3n) is 8.15. The number of rotatable bonds is 6. The zero-order chi connectivity index (χ0) is 28.4. The Kier molecular flexibility index (Phi) is 7.52. The summed E-state index contributed by atoms with van der Waals surface area (Å²) < 4.78 is 10.4. The summed E-state index contributed by atoms with van der Waals surface area (Å²) in [5.41, 5.74) is 3.72. The molecule has 8 heteroatoms. The average Bonchev–Trinajstić information content (AvgIpc) is 2.99. The highest BCUT2D eigenvalue weighted by Crippen LogP contribution is 2.55. The number of aryl methyl sites for hydroxylation is 1. The minimum absolute atomic E-state index is 0.0723. The average molecular weight is 541 g/mol. The Balaban J connectivity index is 1.68. The van der Waals surface area contributed by atoms with Gasteiger partial charge in [-0.25, -0.2) is 19.6 Å². The van der Waals surface area contributed by atoms with E-state index < -0.39 is 17.4 Å². The SMILES string of the molecule is CCOC(=O)c1ccc(-c2ncc3c(n2)C2(c4cccc(C(=O)OCC)c4)CC(=CO)C(=O)[C@@H](C)[C@@H]2CC3)cc1. The lowest BCUT2D eigenvalue weighted by atomic mass is 9.52. The quantitative estimate of drug-likeness (QED) is 0.251. The topological polar surface area (TPSA) is 116 Å². The number of fused-ring (bicyclic) bond motifs is 3. The van der Waals surface area contributed by atoms with Gasteiger partial charge in [0, 0.05) is 28.7 Å². The third kappa shape index (κ3) is 4.57. The molecule has 2 aliphatic rings. The monoisotopic (exact) mass is 540 g/mol. The molecule has 1 saturated carbocycles. The number of carbonyl (C=O) groups is 3. The van der Waals surface area contributed by atoms with E-state index in [1.54, 1.807) is 44.2 Å². The number of aromatic nitrogens is 2. The Morgan fingerprint density at radius 3 is 2.42 bits per heavy atom. The number of aliphatic hydroxyl groups is 1. The molecule has 0 radical (unpaired) electrons. The molecule has 0 amide bonds. The van der Waals surface area contributed by atoms with Crippen molar-refractivity contribution in [1.82, 2.24) is 9.97 Å². The predicted molar refractivity (Wildman–Crippen MR) is 148 cm³/mol. The lowest BCUT2D eigenvalue weighted by Crippen LogP contribution is -2.51. The van der Waals surface area contributed by atoms with Gasteiger partial charge >= 0.3 is 11.9 Å². The summed E-state index contributed by atoms with van der Waals surface area (Å²) >= 11 is 0. The second kappa shape index (κ2) is 11.0. The molecule has 0 saturated heterocycles. The van der Waals surface area contributed by atoms with Gasteiger partial charge in [0.1, 0.15) is 0 Å². The van der Waals surface area contributed by atoms with Crippen LogP contribution in [0.5, 0.6) is 0 Å². The van der Waals surface area contributed by atoms with Crippen LogP contribution in [0.2, 0.25) is 0 Å². The van der Waals surface area contributed by atoms with Crippen molar-refractivity contribution in [2.75, 3.05) is 13.2 Å². The number of benzene rings is 2. The van der Waals surface area contributed by atoms with Crippen molar-refractivity contribution < 1.29 is 29.0 Å². The normalized spacial score (nSPS) is 22.8. The largest absolute Gasteiger partial charge is 0.515 e. The lowest BCUT2D eigenvalue weighted by molar-refractivity contribution is -0.123. The van der Waals surface area contributed by atoms with Gasteiger partial charge in [0.15, 0.2) is 11.6 Å². The number of Topliss-reactive ketones (excluding diaryl/α,β-unsaturated/α-hetero) is 1. The first-order valence-electron chi connectivity index (χ1n) is 13.6. The summed E-state index contributed by atoms with van der Waals surface area (Å²) in [6.45, 7) is 5.98. The molecule has 206 valence electrons. The van der Waals surface area contributed by atoms with Crippen LogP contribution in [0.15, 0.2) is 66.6 Å². The Morgan fingerprint density at radius 2 is 1.75 bits per heavy atom. The Labute approximate surface area is 233 Å². The van der Waals surface area contributed by atoms with Crippen molar-refractivity contribution in [1.29, 1.82) is 0 Å². The molecule has 40 heavy (non-hydrogen) atoms. The van der Waals surface area contributed by atoms with Crippen molar-refractivity contribution in [2.45, 2.75) is 45.4 Å². The highest BCUT2D eigenvalue weighted by atomic mass is 16.5. The Hall–Kier alpha value is -4.33. The highest BCUT2D eigenvalue weighted by Gasteiger charge is 2.55. The van der Waals surface area contributed by atoms with E-state index >= 15 is 0 Å². The summed E-state index contributed by atoms with van der Waals surface area (Å²) in [5, 5.41) is 10.1. The van der Waals surface area contributed by atoms with E-state index in [-0.39, 0.29) is 30.6 Å².